The maximum Gasteiger partial charge on any atom is 0.309 e. The highest BCUT2D eigenvalue weighted by Crippen LogP contribution is 2.93. The summed E-state index contributed by atoms with van der Waals surface area (Å²) in [6.07, 6.45) is 0. The van der Waals surface area contributed by atoms with E-state index in [1.165, 1.54) is 14.2 Å². The standard InChI is InChI=1S/C14H16O4/c1-17-13(15)11-9-5-3-4-6(9)8(4)10(7(3)5)12(11)14(16)18-2/h3-12H,1-2H3. The van der Waals surface area contributed by atoms with Crippen LogP contribution < -0.4 is 0 Å². The summed E-state index contributed by atoms with van der Waals surface area (Å²) in [7, 11) is 2.86. The van der Waals surface area contributed by atoms with Crippen LogP contribution in [0, 0.1) is 59.2 Å². The fraction of sp³-hybridized carbons (Fsp3) is 0.857. The van der Waals surface area contributed by atoms with Crippen LogP contribution in [-0.2, 0) is 19.1 Å². The molecule has 0 amide bonds. The van der Waals surface area contributed by atoms with Gasteiger partial charge in [-0.2, -0.15) is 0 Å². The largest absolute Gasteiger partial charge is 0.469 e. The van der Waals surface area contributed by atoms with Crippen LogP contribution in [0.4, 0.5) is 0 Å². The van der Waals surface area contributed by atoms with Gasteiger partial charge in [0.15, 0.2) is 0 Å². The summed E-state index contributed by atoms with van der Waals surface area (Å²) < 4.78 is 9.93. The van der Waals surface area contributed by atoms with Gasteiger partial charge in [-0.15, -0.1) is 0 Å². The second kappa shape index (κ2) is 2.61. The Hall–Kier alpha value is -1.06. The molecule has 6 saturated carbocycles. The molecule has 6 aliphatic carbocycles. The van der Waals surface area contributed by atoms with E-state index < -0.39 is 0 Å². The van der Waals surface area contributed by atoms with Gasteiger partial charge in [-0.25, -0.2) is 0 Å². The van der Waals surface area contributed by atoms with E-state index in [4.69, 9.17) is 9.47 Å². The molecule has 0 aromatic heterocycles. The van der Waals surface area contributed by atoms with Crippen molar-refractivity contribution in [2.75, 3.05) is 14.2 Å². The van der Waals surface area contributed by atoms with Gasteiger partial charge < -0.3 is 9.47 Å². The van der Waals surface area contributed by atoms with E-state index in [1.807, 2.05) is 0 Å². The van der Waals surface area contributed by atoms with Gasteiger partial charge in [-0.05, 0) is 47.3 Å². The zero-order valence-electron chi connectivity index (χ0n) is 10.4. The van der Waals surface area contributed by atoms with Crippen molar-refractivity contribution in [3.8, 4) is 0 Å². The van der Waals surface area contributed by atoms with Gasteiger partial charge in [-0.1, -0.05) is 0 Å². The van der Waals surface area contributed by atoms with Crippen LogP contribution in [0.1, 0.15) is 0 Å². The summed E-state index contributed by atoms with van der Waals surface area (Å²) in [6, 6.07) is 0. The van der Waals surface area contributed by atoms with Crippen molar-refractivity contribution in [2.45, 2.75) is 0 Å². The maximum absolute atomic E-state index is 12.1. The molecule has 2 bridgehead atoms. The van der Waals surface area contributed by atoms with Crippen molar-refractivity contribution in [2.24, 2.45) is 59.2 Å². The van der Waals surface area contributed by atoms with Crippen LogP contribution in [0.5, 0.6) is 0 Å². The van der Waals surface area contributed by atoms with Crippen LogP contribution in [-0.4, -0.2) is 26.2 Å². The molecule has 96 valence electrons. The van der Waals surface area contributed by atoms with Crippen LogP contribution in [0.3, 0.4) is 0 Å². The Morgan fingerprint density at radius 3 is 1.17 bits per heavy atom. The Bertz CT molecular complexity index is 422. The van der Waals surface area contributed by atoms with Crippen LogP contribution >= 0.6 is 0 Å². The first-order valence-electron chi connectivity index (χ1n) is 6.88. The molecule has 0 aromatic rings. The summed E-state index contributed by atoms with van der Waals surface area (Å²) in [6.45, 7) is 0. The molecule has 0 spiro atoms. The number of esters is 2. The topological polar surface area (TPSA) is 52.6 Å². The monoisotopic (exact) mass is 248 g/mol. The number of hydrogen-bond acceptors (Lipinski definition) is 4. The van der Waals surface area contributed by atoms with E-state index in [2.05, 4.69) is 0 Å². The Morgan fingerprint density at radius 1 is 0.611 bits per heavy atom. The van der Waals surface area contributed by atoms with Crippen molar-refractivity contribution in [3.05, 3.63) is 0 Å². The molecule has 4 heteroatoms. The van der Waals surface area contributed by atoms with E-state index in [9.17, 15) is 9.59 Å². The van der Waals surface area contributed by atoms with E-state index in [0.717, 1.165) is 35.5 Å². The second-order valence-corrected chi connectivity index (χ2v) is 6.72. The third-order valence-corrected chi connectivity index (χ3v) is 6.77. The molecule has 0 radical (unpaired) electrons. The molecule has 0 aliphatic heterocycles. The van der Waals surface area contributed by atoms with Crippen molar-refractivity contribution < 1.29 is 19.1 Å². The number of rotatable bonds is 2. The van der Waals surface area contributed by atoms with Gasteiger partial charge in [0, 0.05) is 0 Å². The lowest BCUT2D eigenvalue weighted by atomic mass is 9.58. The smallest absolute Gasteiger partial charge is 0.309 e. The predicted molar refractivity (Wildman–Crippen MR) is 58.9 cm³/mol. The fourth-order valence-corrected chi connectivity index (χ4v) is 6.68. The number of methoxy groups -OCH3 is 2. The third-order valence-electron chi connectivity index (χ3n) is 6.77. The second-order valence-electron chi connectivity index (χ2n) is 6.72. The van der Waals surface area contributed by atoms with Gasteiger partial charge in [0.1, 0.15) is 0 Å². The molecule has 6 atom stereocenters. The molecule has 0 saturated heterocycles. The first kappa shape index (κ1) is 9.82. The Labute approximate surface area is 105 Å². The average molecular weight is 248 g/mol. The van der Waals surface area contributed by atoms with E-state index in [1.54, 1.807) is 0 Å². The minimum Gasteiger partial charge on any atom is -0.469 e. The molecule has 6 rings (SSSR count). The average Bonchev–Trinajstić information content (AvgIpc) is 3.24. The molecule has 0 N–H and O–H groups in total. The molecule has 0 heterocycles. The van der Waals surface area contributed by atoms with E-state index in [-0.39, 0.29) is 23.8 Å². The molecule has 6 fully saturated rings. The minimum atomic E-state index is -0.215. The van der Waals surface area contributed by atoms with Crippen molar-refractivity contribution in [3.63, 3.8) is 0 Å². The van der Waals surface area contributed by atoms with Crippen molar-refractivity contribution in [1.82, 2.24) is 0 Å². The zero-order chi connectivity index (χ0) is 12.3. The lowest BCUT2D eigenvalue weighted by Crippen LogP contribution is -2.51. The number of carbonyl (C=O) groups excluding carboxylic acids is 2. The molecule has 6 unspecified atom stereocenters. The summed E-state index contributed by atoms with van der Waals surface area (Å²) in [5.74, 6) is 4.69. The lowest BCUT2D eigenvalue weighted by Gasteiger charge is -2.44. The van der Waals surface area contributed by atoms with E-state index in [0.29, 0.717) is 11.8 Å². The molecule has 18 heavy (non-hydrogen) atoms. The normalized spacial score (nSPS) is 63.4. The predicted octanol–water partition coefficient (Wildman–Crippen LogP) is 0.562. The van der Waals surface area contributed by atoms with Gasteiger partial charge in [0.25, 0.3) is 0 Å². The van der Waals surface area contributed by atoms with Crippen LogP contribution in [0.25, 0.3) is 0 Å². The summed E-state index contributed by atoms with van der Waals surface area (Å²) in [4.78, 5) is 24.2. The molecular weight excluding hydrogens is 232 g/mol. The number of ether oxygens (including phenoxy) is 2. The quantitative estimate of drug-likeness (QED) is 0.670. The summed E-state index contributed by atoms with van der Waals surface area (Å²) >= 11 is 0. The first-order chi connectivity index (χ1) is 8.72. The Morgan fingerprint density at radius 2 is 0.889 bits per heavy atom. The molecule has 0 aromatic carbocycles. The van der Waals surface area contributed by atoms with Crippen molar-refractivity contribution in [1.29, 1.82) is 0 Å². The molecule has 4 nitrogen and oxygen atoms in total. The van der Waals surface area contributed by atoms with E-state index >= 15 is 0 Å². The van der Waals surface area contributed by atoms with Crippen molar-refractivity contribution >= 4 is 11.9 Å². The van der Waals surface area contributed by atoms with Crippen LogP contribution in [0.2, 0.25) is 0 Å². The Kier molecular flexibility index (Phi) is 1.42. The highest BCUT2D eigenvalue weighted by molar-refractivity contribution is 5.84. The highest BCUT2D eigenvalue weighted by atomic mass is 16.5. The van der Waals surface area contributed by atoms with Gasteiger partial charge >= 0.3 is 11.9 Å². The maximum atomic E-state index is 12.1. The first-order valence-corrected chi connectivity index (χ1v) is 6.88. The minimum absolute atomic E-state index is 0.185. The number of fused-ring (bicyclic) bond motifs is 1. The zero-order valence-corrected chi connectivity index (χ0v) is 10.4. The third kappa shape index (κ3) is 0.733. The highest BCUT2D eigenvalue weighted by Gasteiger charge is 2.92. The Balaban J connectivity index is 1.60. The van der Waals surface area contributed by atoms with Gasteiger partial charge in [-0.3, -0.25) is 9.59 Å². The molecular formula is C14H16O4. The lowest BCUT2D eigenvalue weighted by molar-refractivity contribution is -0.171. The van der Waals surface area contributed by atoms with Crippen LogP contribution in [0.15, 0.2) is 0 Å². The molecule has 6 aliphatic rings. The summed E-state index contributed by atoms with van der Waals surface area (Å²) in [5.41, 5.74) is 0. The fourth-order valence-electron chi connectivity index (χ4n) is 6.68. The van der Waals surface area contributed by atoms with Gasteiger partial charge in [0.2, 0.25) is 0 Å². The number of carbonyl (C=O) groups is 2. The van der Waals surface area contributed by atoms with Gasteiger partial charge in [0.05, 0.1) is 26.1 Å². The number of hydrogen-bond donors (Lipinski definition) is 0. The summed E-state index contributed by atoms with van der Waals surface area (Å²) in [5, 5.41) is 0. The SMILES string of the molecule is COC(=O)C1C(C(=O)OC)C2C3C4C1C1C2C1C43.